The van der Waals surface area contributed by atoms with Gasteiger partial charge in [0.05, 0.1) is 11.8 Å². The Morgan fingerprint density at radius 3 is 2.33 bits per heavy atom. The van der Waals surface area contributed by atoms with Crippen LogP contribution < -0.4 is 0 Å². The van der Waals surface area contributed by atoms with Crippen molar-refractivity contribution < 1.29 is 0 Å². The topological polar surface area (TPSA) is 36.7 Å². The molecule has 0 amide bonds. The van der Waals surface area contributed by atoms with E-state index in [0.29, 0.717) is 5.92 Å². The normalized spacial score (nSPS) is 13.9. The summed E-state index contributed by atoms with van der Waals surface area (Å²) >= 11 is 1.60. The molecule has 0 saturated carbocycles. The van der Waals surface area contributed by atoms with E-state index in [1.807, 2.05) is 0 Å². The summed E-state index contributed by atoms with van der Waals surface area (Å²) in [5.41, 5.74) is 1.16. The van der Waals surface area contributed by atoms with Crippen LogP contribution in [0.3, 0.4) is 0 Å². The highest BCUT2D eigenvalue weighted by atomic mass is 32.1. The van der Waals surface area contributed by atoms with Crippen LogP contribution in [0.1, 0.15) is 51.2 Å². The number of hydrogen-bond donors (Lipinski definition) is 0. The van der Waals surface area contributed by atoms with Crippen molar-refractivity contribution in [3.63, 3.8) is 0 Å². The fourth-order valence-corrected chi connectivity index (χ4v) is 2.53. The molecule has 2 nitrogen and oxygen atoms in total. The van der Waals surface area contributed by atoms with E-state index in [1.165, 1.54) is 0 Å². The van der Waals surface area contributed by atoms with Crippen LogP contribution in [0.25, 0.3) is 0 Å². The maximum atomic E-state index is 9.08. The van der Waals surface area contributed by atoms with Gasteiger partial charge in [0.1, 0.15) is 10.9 Å². The zero-order valence-electron chi connectivity index (χ0n) is 10.0. The van der Waals surface area contributed by atoms with E-state index in [4.69, 9.17) is 5.26 Å². The second-order valence-corrected chi connectivity index (χ2v) is 6.06. The first-order valence-corrected chi connectivity index (χ1v) is 6.09. The summed E-state index contributed by atoms with van der Waals surface area (Å²) in [6.45, 7) is 10.5. The Morgan fingerprint density at radius 2 is 2.00 bits per heavy atom. The lowest BCUT2D eigenvalue weighted by Crippen LogP contribution is -2.12. The summed E-state index contributed by atoms with van der Waals surface area (Å²) in [4.78, 5) is 4.57. The van der Waals surface area contributed by atoms with Crippen molar-refractivity contribution in [2.24, 2.45) is 5.92 Å². The molecule has 1 aromatic heterocycles. The summed E-state index contributed by atoms with van der Waals surface area (Å²) in [7, 11) is 0. The minimum absolute atomic E-state index is 0.0638. The maximum absolute atomic E-state index is 9.08. The number of hydrogen-bond acceptors (Lipinski definition) is 3. The van der Waals surface area contributed by atoms with E-state index in [9.17, 15) is 0 Å². The smallest absolute Gasteiger partial charge is 0.110 e. The third kappa shape index (κ3) is 2.79. The Hall–Kier alpha value is -0.880. The van der Waals surface area contributed by atoms with E-state index in [2.05, 4.69) is 51.1 Å². The highest BCUT2D eigenvalue weighted by Crippen LogP contribution is 2.30. The predicted octanol–water partition coefficient (Wildman–Crippen LogP) is 3.70. The monoisotopic (exact) mass is 222 g/mol. The van der Waals surface area contributed by atoms with Crippen molar-refractivity contribution in [2.75, 3.05) is 0 Å². The van der Waals surface area contributed by atoms with Crippen LogP contribution in [0.5, 0.6) is 0 Å². The van der Waals surface area contributed by atoms with Crippen molar-refractivity contribution in [2.45, 2.75) is 46.0 Å². The van der Waals surface area contributed by atoms with Crippen LogP contribution in [0, 0.1) is 17.2 Å². The molecular weight excluding hydrogens is 204 g/mol. The van der Waals surface area contributed by atoms with Gasteiger partial charge in [-0.3, -0.25) is 0 Å². The molecule has 0 saturated heterocycles. The minimum Gasteiger partial charge on any atom is -0.244 e. The Bertz CT molecular complexity index is 366. The van der Waals surface area contributed by atoms with Crippen molar-refractivity contribution in [3.05, 3.63) is 16.1 Å². The predicted molar refractivity (Wildman–Crippen MR) is 64.0 cm³/mol. The van der Waals surface area contributed by atoms with E-state index >= 15 is 0 Å². The van der Waals surface area contributed by atoms with Gasteiger partial charge in [-0.25, -0.2) is 4.98 Å². The van der Waals surface area contributed by atoms with Crippen molar-refractivity contribution >= 4 is 11.3 Å². The zero-order chi connectivity index (χ0) is 11.6. The van der Waals surface area contributed by atoms with Gasteiger partial charge in [-0.15, -0.1) is 11.3 Å². The second-order valence-electron chi connectivity index (χ2n) is 5.17. The zero-order valence-corrected chi connectivity index (χ0v) is 10.9. The molecule has 0 radical (unpaired) electrons. The van der Waals surface area contributed by atoms with Gasteiger partial charge in [-0.1, -0.05) is 34.6 Å². The molecule has 1 aromatic rings. The van der Waals surface area contributed by atoms with Crippen molar-refractivity contribution in [1.82, 2.24) is 4.98 Å². The van der Waals surface area contributed by atoms with Crippen LogP contribution in [-0.2, 0) is 5.41 Å². The van der Waals surface area contributed by atoms with E-state index in [-0.39, 0.29) is 11.3 Å². The van der Waals surface area contributed by atoms with Gasteiger partial charge in [-0.05, 0) is 5.92 Å². The molecule has 0 aliphatic rings. The summed E-state index contributed by atoms with van der Waals surface area (Å²) in [6, 6.07) is 2.33. The third-order valence-electron chi connectivity index (χ3n) is 2.36. The number of rotatable bonds is 2. The molecule has 0 N–H and O–H groups in total. The molecule has 0 fully saturated rings. The lowest BCUT2D eigenvalue weighted by Gasteiger charge is -2.15. The largest absolute Gasteiger partial charge is 0.244 e. The Balaban J connectivity index is 2.99. The fourth-order valence-electron chi connectivity index (χ4n) is 1.26. The number of aromatic nitrogens is 1. The SMILES string of the molecule is CC(C)C(C#N)c1nc(C(C)(C)C)cs1. The first-order chi connectivity index (χ1) is 6.86. The molecule has 1 heterocycles. The highest BCUT2D eigenvalue weighted by molar-refractivity contribution is 7.09. The van der Waals surface area contributed by atoms with Gasteiger partial charge in [0.2, 0.25) is 0 Å². The average molecular weight is 222 g/mol. The Morgan fingerprint density at radius 1 is 1.40 bits per heavy atom. The minimum atomic E-state index is -0.0638. The molecule has 0 aliphatic carbocycles. The molecule has 1 atom stereocenters. The Kier molecular flexibility index (Phi) is 3.51. The van der Waals surface area contributed by atoms with Crippen LogP contribution in [0.2, 0.25) is 0 Å². The molecule has 1 rings (SSSR count). The van der Waals surface area contributed by atoms with Gasteiger partial charge >= 0.3 is 0 Å². The van der Waals surface area contributed by atoms with Gasteiger partial charge in [-0.2, -0.15) is 5.26 Å². The van der Waals surface area contributed by atoms with Crippen LogP contribution >= 0.6 is 11.3 Å². The van der Waals surface area contributed by atoms with Gasteiger partial charge in [0.25, 0.3) is 0 Å². The molecule has 0 bridgehead atoms. The van der Waals surface area contributed by atoms with E-state index in [0.717, 1.165) is 10.7 Å². The van der Waals surface area contributed by atoms with E-state index in [1.54, 1.807) is 11.3 Å². The average Bonchev–Trinajstić information content (AvgIpc) is 2.52. The first kappa shape index (κ1) is 12.2. The summed E-state index contributed by atoms with van der Waals surface area (Å²) in [5.74, 6) is 0.264. The van der Waals surface area contributed by atoms with E-state index < -0.39 is 0 Å². The third-order valence-corrected chi connectivity index (χ3v) is 3.29. The lowest BCUT2D eigenvalue weighted by atomic mass is 9.93. The molecule has 0 aromatic carbocycles. The molecule has 1 unspecified atom stereocenters. The summed E-state index contributed by atoms with van der Waals surface area (Å²) in [6.07, 6.45) is 0. The Labute approximate surface area is 96.0 Å². The second kappa shape index (κ2) is 4.32. The fraction of sp³-hybridized carbons (Fsp3) is 0.667. The van der Waals surface area contributed by atoms with Gasteiger partial charge < -0.3 is 0 Å². The highest BCUT2D eigenvalue weighted by Gasteiger charge is 2.22. The van der Waals surface area contributed by atoms with Gasteiger partial charge in [0, 0.05) is 10.8 Å². The van der Waals surface area contributed by atoms with Gasteiger partial charge in [0.15, 0.2) is 0 Å². The summed E-state index contributed by atoms with van der Waals surface area (Å²) in [5, 5.41) is 12.1. The maximum Gasteiger partial charge on any atom is 0.110 e. The van der Waals surface area contributed by atoms with Crippen LogP contribution in [0.4, 0.5) is 0 Å². The molecule has 82 valence electrons. The molecule has 0 spiro atoms. The van der Waals surface area contributed by atoms with Crippen LogP contribution in [-0.4, -0.2) is 4.98 Å². The lowest BCUT2D eigenvalue weighted by molar-refractivity contribution is 0.554. The molecule has 3 heteroatoms. The number of thiazole rings is 1. The first-order valence-electron chi connectivity index (χ1n) is 5.21. The summed E-state index contributed by atoms with van der Waals surface area (Å²) < 4.78 is 0. The van der Waals surface area contributed by atoms with Crippen LogP contribution in [0.15, 0.2) is 5.38 Å². The molecule has 0 aliphatic heterocycles. The molecular formula is C12H18N2S. The van der Waals surface area contributed by atoms with Crippen molar-refractivity contribution in [1.29, 1.82) is 5.26 Å². The standard InChI is InChI=1S/C12H18N2S/c1-8(2)9(6-13)11-14-10(7-15-11)12(3,4)5/h7-9H,1-5H3. The van der Waals surface area contributed by atoms with Crippen molar-refractivity contribution in [3.8, 4) is 6.07 Å². The number of nitrogens with zero attached hydrogens (tertiary/aromatic N) is 2. The molecule has 15 heavy (non-hydrogen) atoms. The quantitative estimate of drug-likeness (QED) is 0.765. The number of nitriles is 1.